The molecule has 0 spiro atoms. The van der Waals surface area contributed by atoms with E-state index in [2.05, 4.69) is 6.07 Å². The van der Waals surface area contributed by atoms with Gasteiger partial charge in [0.2, 0.25) is 0 Å². The monoisotopic (exact) mass is 215 g/mol. The van der Waals surface area contributed by atoms with Crippen molar-refractivity contribution in [2.45, 2.75) is 12.3 Å². The molecule has 0 amide bonds. The molecule has 0 heterocycles. The Balaban J connectivity index is 2.76. The molecule has 0 aliphatic rings. The van der Waals surface area contributed by atoms with Crippen molar-refractivity contribution < 1.29 is 0 Å². The van der Waals surface area contributed by atoms with E-state index in [9.17, 15) is 0 Å². The Morgan fingerprint density at radius 2 is 1.73 bits per heavy atom. The van der Waals surface area contributed by atoms with E-state index in [0.717, 1.165) is 21.9 Å². The van der Waals surface area contributed by atoms with Gasteiger partial charge in [-0.3, -0.25) is 0 Å². The third-order valence-electron chi connectivity index (χ3n) is 2.49. The van der Waals surface area contributed by atoms with Gasteiger partial charge in [-0.15, -0.1) is 11.6 Å². The van der Waals surface area contributed by atoms with Gasteiger partial charge in [-0.05, 0) is 21.9 Å². The summed E-state index contributed by atoms with van der Waals surface area (Å²) in [7, 11) is 0. The molecular weight excluding hydrogens is 206 g/mol. The van der Waals surface area contributed by atoms with Gasteiger partial charge in [0.1, 0.15) is 0 Å². The van der Waals surface area contributed by atoms with Crippen LogP contribution in [0.15, 0.2) is 36.4 Å². The van der Waals surface area contributed by atoms with Crippen LogP contribution >= 0.6 is 11.6 Å². The van der Waals surface area contributed by atoms with Gasteiger partial charge in [0.15, 0.2) is 0 Å². The number of halogens is 1. The molecule has 0 fully saturated rings. The van der Waals surface area contributed by atoms with Crippen LogP contribution in [0, 0.1) is 11.3 Å². The summed E-state index contributed by atoms with van der Waals surface area (Å²) in [5, 5.41) is 11.0. The molecular formula is C13H10ClN. The maximum absolute atomic E-state index is 8.76. The zero-order chi connectivity index (χ0) is 10.7. The third-order valence-corrected chi connectivity index (χ3v) is 2.78. The molecule has 74 valence electrons. The first-order valence-corrected chi connectivity index (χ1v) is 5.32. The summed E-state index contributed by atoms with van der Waals surface area (Å²) in [5.41, 5.74) is 2.16. The van der Waals surface area contributed by atoms with Crippen LogP contribution in [0.1, 0.15) is 11.1 Å². The molecule has 2 rings (SSSR count). The number of hydrogen-bond donors (Lipinski definition) is 0. The highest BCUT2D eigenvalue weighted by molar-refractivity contribution is 6.18. The standard InChI is InChI=1S/C13H10ClN/c14-9-12-6-2-4-10-3-1-5-11(7-8-15)13(10)12/h1-6H,7,9H2. The van der Waals surface area contributed by atoms with Crippen LogP contribution < -0.4 is 0 Å². The molecule has 0 aliphatic heterocycles. The SMILES string of the molecule is N#CCc1cccc2cccc(CCl)c12. The summed E-state index contributed by atoms with van der Waals surface area (Å²) < 4.78 is 0. The predicted molar refractivity (Wildman–Crippen MR) is 62.8 cm³/mol. The second-order valence-corrected chi connectivity index (χ2v) is 3.67. The van der Waals surface area contributed by atoms with Gasteiger partial charge in [0.25, 0.3) is 0 Å². The molecule has 2 aromatic carbocycles. The van der Waals surface area contributed by atoms with Gasteiger partial charge in [-0.1, -0.05) is 36.4 Å². The number of nitriles is 1. The Hall–Kier alpha value is -1.52. The van der Waals surface area contributed by atoms with E-state index in [1.54, 1.807) is 0 Å². The quantitative estimate of drug-likeness (QED) is 0.702. The minimum atomic E-state index is 0.436. The van der Waals surface area contributed by atoms with Crippen LogP contribution in [0.2, 0.25) is 0 Å². The van der Waals surface area contributed by atoms with E-state index in [-0.39, 0.29) is 0 Å². The minimum absolute atomic E-state index is 0.436. The van der Waals surface area contributed by atoms with E-state index >= 15 is 0 Å². The highest BCUT2D eigenvalue weighted by Crippen LogP contribution is 2.24. The largest absolute Gasteiger partial charge is 0.198 e. The Kier molecular flexibility index (Phi) is 2.89. The van der Waals surface area contributed by atoms with Crippen molar-refractivity contribution in [1.29, 1.82) is 5.26 Å². The lowest BCUT2D eigenvalue weighted by molar-refractivity contribution is 1.28. The molecule has 0 saturated carbocycles. The maximum atomic E-state index is 8.76. The molecule has 15 heavy (non-hydrogen) atoms. The van der Waals surface area contributed by atoms with E-state index in [0.29, 0.717) is 12.3 Å². The summed E-state index contributed by atoms with van der Waals surface area (Å²) in [6.45, 7) is 0. The Morgan fingerprint density at radius 3 is 2.33 bits per heavy atom. The molecule has 0 bridgehead atoms. The van der Waals surface area contributed by atoms with Gasteiger partial charge in [0, 0.05) is 5.88 Å². The van der Waals surface area contributed by atoms with Gasteiger partial charge in [0.05, 0.1) is 12.5 Å². The number of fused-ring (bicyclic) bond motifs is 1. The van der Waals surface area contributed by atoms with Crippen LogP contribution in [-0.2, 0) is 12.3 Å². The minimum Gasteiger partial charge on any atom is -0.198 e. The number of hydrogen-bond acceptors (Lipinski definition) is 1. The van der Waals surface area contributed by atoms with E-state index in [1.807, 2.05) is 36.4 Å². The Labute approximate surface area is 93.9 Å². The average Bonchev–Trinajstić information content (AvgIpc) is 2.29. The first kappa shape index (κ1) is 10.0. The highest BCUT2D eigenvalue weighted by Gasteiger charge is 2.04. The fourth-order valence-electron chi connectivity index (χ4n) is 1.85. The summed E-state index contributed by atoms with van der Waals surface area (Å²) in [6, 6.07) is 14.3. The lowest BCUT2D eigenvalue weighted by Crippen LogP contribution is -1.89. The second kappa shape index (κ2) is 4.33. The van der Waals surface area contributed by atoms with E-state index in [4.69, 9.17) is 16.9 Å². The molecule has 0 unspecified atom stereocenters. The summed E-state index contributed by atoms with van der Waals surface area (Å²) >= 11 is 5.90. The molecule has 0 radical (unpaired) electrons. The van der Waals surface area contributed by atoms with Crippen LogP contribution in [-0.4, -0.2) is 0 Å². The van der Waals surface area contributed by atoms with Crippen molar-refractivity contribution in [3.63, 3.8) is 0 Å². The van der Waals surface area contributed by atoms with E-state index < -0.39 is 0 Å². The van der Waals surface area contributed by atoms with E-state index in [1.165, 1.54) is 0 Å². The van der Waals surface area contributed by atoms with Crippen molar-refractivity contribution in [3.05, 3.63) is 47.5 Å². The number of rotatable bonds is 2. The molecule has 2 heteroatoms. The fourth-order valence-corrected chi connectivity index (χ4v) is 2.07. The van der Waals surface area contributed by atoms with Crippen molar-refractivity contribution in [3.8, 4) is 6.07 Å². The summed E-state index contributed by atoms with van der Waals surface area (Å²) in [6.07, 6.45) is 0.436. The molecule has 0 aromatic heterocycles. The first-order chi connectivity index (χ1) is 7.36. The molecule has 2 aromatic rings. The van der Waals surface area contributed by atoms with Crippen LogP contribution in [0.3, 0.4) is 0 Å². The second-order valence-electron chi connectivity index (χ2n) is 3.40. The summed E-state index contributed by atoms with van der Waals surface area (Å²) in [4.78, 5) is 0. The molecule has 0 saturated heterocycles. The van der Waals surface area contributed by atoms with Crippen molar-refractivity contribution in [1.82, 2.24) is 0 Å². The number of alkyl halides is 1. The van der Waals surface area contributed by atoms with Crippen LogP contribution in [0.25, 0.3) is 10.8 Å². The third kappa shape index (κ3) is 1.82. The lowest BCUT2D eigenvalue weighted by atomic mass is 9.98. The maximum Gasteiger partial charge on any atom is 0.0669 e. The van der Waals surface area contributed by atoms with Gasteiger partial charge >= 0.3 is 0 Å². The topological polar surface area (TPSA) is 23.8 Å². The number of benzene rings is 2. The van der Waals surface area contributed by atoms with Gasteiger partial charge in [-0.25, -0.2) is 0 Å². The summed E-state index contributed by atoms with van der Waals surface area (Å²) in [5.74, 6) is 0.486. The molecule has 1 nitrogen and oxygen atoms in total. The lowest BCUT2D eigenvalue weighted by Gasteiger charge is -2.07. The number of nitrogens with zero attached hydrogens (tertiary/aromatic N) is 1. The molecule has 0 atom stereocenters. The molecule has 0 aliphatic carbocycles. The van der Waals surface area contributed by atoms with Gasteiger partial charge in [-0.2, -0.15) is 5.26 Å². The van der Waals surface area contributed by atoms with Crippen LogP contribution in [0.5, 0.6) is 0 Å². The Morgan fingerprint density at radius 1 is 1.07 bits per heavy atom. The van der Waals surface area contributed by atoms with Gasteiger partial charge < -0.3 is 0 Å². The molecule has 0 N–H and O–H groups in total. The fraction of sp³-hybridized carbons (Fsp3) is 0.154. The van der Waals surface area contributed by atoms with Crippen molar-refractivity contribution in [2.24, 2.45) is 0 Å². The normalized spacial score (nSPS) is 10.1. The van der Waals surface area contributed by atoms with Crippen molar-refractivity contribution >= 4 is 22.4 Å². The Bertz CT molecular complexity index is 520. The zero-order valence-corrected chi connectivity index (χ0v) is 8.96. The predicted octanol–water partition coefficient (Wildman–Crippen LogP) is 3.64. The average molecular weight is 216 g/mol. The highest BCUT2D eigenvalue weighted by atomic mass is 35.5. The smallest absolute Gasteiger partial charge is 0.0669 e. The van der Waals surface area contributed by atoms with Crippen molar-refractivity contribution in [2.75, 3.05) is 0 Å². The first-order valence-electron chi connectivity index (χ1n) is 4.79. The van der Waals surface area contributed by atoms with Crippen LogP contribution in [0.4, 0.5) is 0 Å². The zero-order valence-electron chi connectivity index (χ0n) is 8.20.